The Bertz CT molecular complexity index is 313. The number of rotatable bonds is 5. The zero-order valence-corrected chi connectivity index (χ0v) is 13.6. The van der Waals surface area contributed by atoms with Gasteiger partial charge in [0.1, 0.15) is 5.78 Å². The van der Waals surface area contributed by atoms with Crippen LogP contribution in [-0.4, -0.2) is 20.7 Å². The highest BCUT2D eigenvalue weighted by molar-refractivity contribution is 6.74. The van der Waals surface area contributed by atoms with Gasteiger partial charge >= 0.3 is 0 Å². The SMILES string of the molecule is CC(C)(C)[Si](C)(C)OCCCC1CC=CCC1=O. The molecule has 0 spiro atoms. The number of Topliss-reactive ketones (excluding diaryl/α,β-unsaturated/α-hetero) is 1. The molecule has 2 nitrogen and oxygen atoms in total. The number of ketones is 1. The summed E-state index contributed by atoms with van der Waals surface area (Å²) in [6.45, 7) is 12.1. The third-order valence-electron chi connectivity index (χ3n) is 4.33. The van der Waals surface area contributed by atoms with E-state index in [-0.39, 0.29) is 11.0 Å². The fraction of sp³-hybridized carbons (Fsp3) is 0.800. The molecule has 0 aliphatic heterocycles. The molecule has 3 heteroatoms. The van der Waals surface area contributed by atoms with Crippen LogP contribution in [0.5, 0.6) is 0 Å². The number of carbonyl (C=O) groups is 1. The van der Waals surface area contributed by atoms with E-state index < -0.39 is 8.32 Å². The lowest BCUT2D eigenvalue weighted by Crippen LogP contribution is -2.41. The molecule has 0 heterocycles. The van der Waals surface area contributed by atoms with Crippen molar-refractivity contribution in [1.29, 1.82) is 0 Å². The van der Waals surface area contributed by atoms with Gasteiger partial charge in [-0.25, -0.2) is 0 Å². The first kappa shape index (κ1) is 15.6. The lowest BCUT2D eigenvalue weighted by Gasteiger charge is -2.36. The van der Waals surface area contributed by atoms with Crippen LogP contribution < -0.4 is 0 Å². The zero-order chi connectivity index (χ0) is 13.8. The minimum absolute atomic E-state index is 0.248. The number of hydrogen-bond donors (Lipinski definition) is 0. The highest BCUT2D eigenvalue weighted by Crippen LogP contribution is 2.36. The maximum atomic E-state index is 11.7. The summed E-state index contributed by atoms with van der Waals surface area (Å²) >= 11 is 0. The molecule has 0 aromatic rings. The molecule has 0 radical (unpaired) electrons. The van der Waals surface area contributed by atoms with E-state index >= 15 is 0 Å². The molecule has 1 unspecified atom stereocenters. The molecule has 1 rings (SSSR count). The molecular weight excluding hydrogens is 240 g/mol. The van der Waals surface area contributed by atoms with Crippen molar-refractivity contribution in [3.05, 3.63) is 12.2 Å². The van der Waals surface area contributed by atoms with E-state index in [0.29, 0.717) is 12.2 Å². The fourth-order valence-corrected chi connectivity index (χ4v) is 3.00. The first-order valence-corrected chi connectivity index (χ1v) is 9.96. The monoisotopic (exact) mass is 268 g/mol. The second-order valence-electron chi connectivity index (χ2n) is 6.83. The summed E-state index contributed by atoms with van der Waals surface area (Å²) in [5.74, 6) is 0.655. The van der Waals surface area contributed by atoms with E-state index in [1.165, 1.54) is 0 Å². The van der Waals surface area contributed by atoms with Crippen molar-refractivity contribution in [2.24, 2.45) is 5.92 Å². The Kier molecular flexibility index (Phi) is 5.35. The summed E-state index contributed by atoms with van der Waals surface area (Å²) in [5, 5.41) is 0.274. The molecule has 104 valence electrons. The van der Waals surface area contributed by atoms with Crippen molar-refractivity contribution < 1.29 is 9.22 Å². The maximum absolute atomic E-state index is 11.7. The normalized spacial score (nSPS) is 21.4. The summed E-state index contributed by atoms with van der Waals surface area (Å²) in [5.41, 5.74) is 0. The van der Waals surface area contributed by atoms with Gasteiger partial charge in [-0.3, -0.25) is 4.79 Å². The van der Waals surface area contributed by atoms with Crippen LogP contribution >= 0.6 is 0 Å². The Morgan fingerprint density at radius 2 is 2.00 bits per heavy atom. The quantitative estimate of drug-likeness (QED) is 0.421. The number of allylic oxidation sites excluding steroid dienone is 2. The van der Waals surface area contributed by atoms with Crippen LogP contribution in [0.3, 0.4) is 0 Å². The third kappa shape index (κ3) is 4.36. The lowest BCUT2D eigenvalue weighted by molar-refractivity contribution is -0.122. The first-order chi connectivity index (χ1) is 8.24. The summed E-state index contributed by atoms with van der Waals surface area (Å²) < 4.78 is 6.13. The van der Waals surface area contributed by atoms with Crippen molar-refractivity contribution in [2.45, 2.75) is 64.6 Å². The Balaban J connectivity index is 2.27. The molecule has 1 aliphatic rings. The van der Waals surface area contributed by atoms with Gasteiger partial charge in [-0.2, -0.15) is 0 Å². The predicted molar refractivity (Wildman–Crippen MR) is 79.3 cm³/mol. The molecule has 0 aromatic heterocycles. The van der Waals surface area contributed by atoms with Gasteiger partial charge < -0.3 is 4.43 Å². The lowest BCUT2D eigenvalue weighted by atomic mass is 9.89. The minimum Gasteiger partial charge on any atom is -0.417 e. The van der Waals surface area contributed by atoms with Crippen LogP contribution in [0.15, 0.2) is 12.2 Å². The maximum Gasteiger partial charge on any atom is 0.191 e. The van der Waals surface area contributed by atoms with Crippen molar-refractivity contribution in [3.8, 4) is 0 Å². The Labute approximate surface area is 113 Å². The Morgan fingerprint density at radius 1 is 1.33 bits per heavy atom. The molecule has 0 saturated carbocycles. The highest BCUT2D eigenvalue weighted by Gasteiger charge is 2.36. The van der Waals surface area contributed by atoms with Gasteiger partial charge in [0.05, 0.1) is 0 Å². The third-order valence-corrected chi connectivity index (χ3v) is 8.87. The average molecular weight is 268 g/mol. The van der Waals surface area contributed by atoms with E-state index in [4.69, 9.17) is 4.43 Å². The van der Waals surface area contributed by atoms with Gasteiger partial charge in [0.25, 0.3) is 0 Å². The van der Waals surface area contributed by atoms with E-state index in [1.54, 1.807) is 0 Å². The fourth-order valence-electron chi connectivity index (χ4n) is 1.91. The van der Waals surface area contributed by atoms with Gasteiger partial charge in [0.2, 0.25) is 0 Å². The summed E-state index contributed by atoms with van der Waals surface area (Å²) in [6.07, 6.45) is 7.69. The standard InChI is InChI=1S/C15H28O2Si/c1-15(2,3)18(4,5)17-12-8-10-13-9-6-7-11-14(13)16/h6-7,13H,8-12H2,1-5H3. The topological polar surface area (TPSA) is 26.3 Å². The Hall–Kier alpha value is -0.413. The van der Waals surface area contributed by atoms with Gasteiger partial charge in [0.15, 0.2) is 8.32 Å². The zero-order valence-electron chi connectivity index (χ0n) is 12.6. The van der Waals surface area contributed by atoms with E-state index in [0.717, 1.165) is 25.9 Å². The molecule has 0 N–H and O–H groups in total. The summed E-state index contributed by atoms with van der Waals surface area (Å²) in [6, 6.07) is 0. The summed E-state index contributed by atoms with van der Waals surface area (Å²) in [7, 11) is -1.61. The summed E-state index contributed by atoms with van der Waals surface area (Å²) in [4.78, 5) is 11.7. The van der Waals surface area contributed by atoms with Crippen LogP contribution in [0.4, 0.5) is 0 Å². The van der Waals surface area contributed by atoms with Crippen molar-refractivity contribution in [2.75, 3.05) is 6.61 Å². The number of carbonyl (C=O) groups excluding carboxylic acids is 1. The van der Waals surface area contributed by atoms with Crippen molar-refractivity contribution in [1.82, 2.24) is 0 Å². The molecule has 0 aromatic carbocycles. The van der Waals surface area contributed by atoms with Crippen LogP contribution in [0, 0.1) is 5.92 Å². The van der Waals surface area contributed by atoms with Gasteiger partial charge in [0, 0.05) is 18.9 Å². The molecule has 18 heavy (non-hydrogen) atoms. The van der Waals surface area contributed by atoms with Crippen molar-refractivity contribution in [3.63, 3.8) is 0 Å². The molecule has 1 atom stereocenters. The van der Waals surface area contributed by atoms with Gasteiger partial charge in [-0.15, -0.1) is 0 Å². The predicted octanol–water partition coefficient (Wildman–Crippen LogP) is 4.32. The van der Waals surface area contributed by atoms with Crippen LogP contribution in [-0.2, 0) is 9.22 Å². The van der Waals surface area contributed by atoms with Crippen LogP contribution in [0.1, 0.15) is 46.5 Å². The molecule has 0 bridgehead atoms. The largest absolute Gasteiger partial charge is 0.417 e. The highest BCUT2D eigenvalue weighted by atomic mass is 28.4. The second kappa shape index (κ2) is 6.16. The van der Waals surface area contributed by atoms with Crippen LogP contribution in [0.25, 0.3) is 0 Å². The van der Waals surface area contributed by atoms with Crippen LogP contribution in [0.2, 0.25) is 18.1 Å². The molecular formula is C15H28O2Si. The molecule has 0 amide bonds. The second-order valence-corrected chi connectivity index (χ2v) is 11.6. The van der Waals surface area contributed by atoms with E-state index in [9.17, 15) is 4.79 Å². The first-order valence-electron chi connectivity index (χ1n) is 7.06. The minimum atomic E-state index is -1.61. The van der Waals surface area contributed by atoms with E-state index in [1.807, 2.05) is 6.08 Å². The Morgan fingerprint density at radius 3 is 2.56 bits per heavy atom. The van der Waals surface area contributed by atoms with E-state index in [2.05, 4.69) is 39.9 Å². The smallest absolute Gasteiger partial charge is 0.191 e. The van der Waals surface area contributed by atoms with Gasteiger partial charge in [-0.1, -0.05) is 32.9 Å². The molecule has 0 fully saturated rings. The average Bonchev–Trinajstić information content (AvgIpc) is 2.25. The van der Waals surface area contributed by atoms with Gasteiger partial charge in [-0.05, 0) is 37.4 Å². The molecule has 0 saturated heterocycles. The number of hydrogen-bond acceptors (Lipinski definition) is 2. The molecule has 1 aliphatic carbocycles. The van der Waals surface area contributed by atoms with Crippen molar-refractivity contribution >= 4 is 14.1 Å².